The van der Waals surface area contributed by atoms with Crippen molar-refractivity contribution in [3.05, 3.63) is 63.2 Å². The summed E-state index contributed by atoms with van der Waals surface area (Å²) < 4.78 is 10.2. The van der Waals surface area contributed by atoms with Crippen molar-refractivity contribution in [2.45, 2.75) is 6.92 Å². The molecule has 0 fully saturated rings. The Hall–Kier alpha value is -3.86. The van der Waals surface area contributed by atoms with Gasteiger partial charge in [0.1, 0.15) is 11.6 Å². The molecule has 0 saturated heterocycles. The molecule has 0 aliphatic carbocycles. The van der Waals surface area contributed by atoms with Gasteiger partial charge in [0.05, 0.1) is 30.8 Å². The molecule has 8 heteroatoms. The third-order valence-corrected chi connectivity index (χ3v) is 3.70. The van der Waals surface area contributed by atoms with Crippen molar-refractivity contribution in [1.29, 1.82) is 5.26 Å². The lowest BCUT2D eigenvalue weighted by Gasteiger charge is -2.09. The lowest BCUT2D eigenvalue weighted by Crippen LogP contribution is -2.13. The van der Waals surface area contributed by atoms with Crippen LogP contribution in [0.25, 0.3) is 6.08 Å². The van der Waals surface area contributed by atoms with Gasteiger partial charge < -0.3 is 14.8 Å². The molecule has 1 N–H and O–H groups in total. The number of rotatable bonds is 6. The molecule has 0 bridgehead atoms. The van der Waals surface area contributed by atoms with Crippen molar-refractivity contribution in [3.63, 3.8) is 0 Å². The fourth-order valence-corrected chi connectivity index (χ4v) is 2.30. The van der Waals surface area contributed by atoms with Gasteiger partial charge in [0.25, 0.3) is 11.6 Å². The lowest BCUT2D eigenvalue weighted by atomic mass is 10.1. The summed E-state index contributed by atoms with van der Waals surface area (Å²) in [5.41, 5.74) is 0.973. The van der Waals surface area contributed by atoms with Crippen LogP contribution in [0.5, 0.6) is 11.5 Å². The van der Waals surface area contributed by atoms with E-state index < -0.39 is 10.8 Å². The van der Waals surface area contributed by atoms with E-state index in [0.717, 1.165) is 11.6 Å². The van der Waals surface area contributed by atoms with E-state index in [9.17, 15) is 20.2 Å². The minimum absolute atomic E-state index is 0.0493. The highest BCUT2D eigenvalue weighted by Gasteiger charge is 2.20. The van der Waals surface area contributed by atoms with Gasteiger partial charge in [0.15, 0.2) is 11.5 Å². The van der Waals surface area contributed by atoms with Crippen LogP contribution in [0.4, 0.5) is 11.4 Å². The van der Waals surface area contributed by atoms with Crippen molar-refractivity contribution in [2.75, 3.05) is 19.5 Å². The van der Waals surface area contributed by atoms with Gasteiger partial charge in [0.2, 0.25) is 0 Å². The van der Waals surface area contributed by atoms with E-state index >= 15 is 0 Å². The first-order chi connectivity index (χ1) is 12.9. The number of nitrogens with one attached hydrogen (secondary N) is 1. The van der Waals surface area contributed by atoms with Crippen LogP contribution in [0.2, 0.25) is 0 Å². The number of amides is 1. The molecule has 2 aromatic rings. The van der Waals surface area contributed by atoms with E-state index in [1.807, 2.05) is 19.1 Å². The number of carbonyl (C=O) groups is 1. The maximum absolute atomic E-state index is 12.4. The quantitative estimate of drug-likeness (QED) is 0.362. The van der Waals surface area contributed by atoms with E-state index in [4.69, 9.17) is 9.47 Å². The smallest absolute Gasteiger partial charge is 0.280 e. The standard InChI is InChI=1S/C19H17N3O5/c1-12-4-6-15(7-5-12)21-19(23)14(11-20)8-13-9-17(26-2)18(27-3)10-16(13)22(24)25/h4-10H,1-3H3,(H,21,23). The Morgan fingerprint density at radius 3 is 2.30 bits per heavy atom. The molecule has 0 spiro atoms. The number of benzene rings is 2. The Morgan fingerprint density at radius 2 is 1.78 bits per heavy atom. The van der Waals surface area contributed by atoms with Crippen molar-refractivity contribution in [3.8, 4) is 17.6 Å². The normalized spacial score (nSPS) is 10.7. The SMILES string of the molecule is COc1cc(C=C(C#N)C(=O)Nc2ccc(C)cc2)c([N+](=O)[O-])cc1OC. The molecule has 8 nitrogen and oxygen atoms in total. The van der Waals surface area contributed by atoms with Crippen LogP contribution in [-0.4, -0.2) is 25.1 Å². The first-order valence-corrected chi connectivity index (χ1v) is 7.79. The molecule has 0 radical (unpaired) electrons. The van der Waals surface area contributed by atoms with E-state index in [2.05, 4.69) is 5.32 Å². The van der Waals surface area contributed by atoms with Gasteiger partial charge in [-0.15, -0.1) is 0 Å². The second kappa shape index (κ2) is 8.49. The maximum Gasteiger partial charge on any atom is 0.280 e. The third kappa shape index (κ3) is 4.61. The number of hydrogen-bond donors (Lipinski definition) is 1. The van der Waals surface area contributed by atoms with Gasteiger partial charge in [-0.2, -0.15) is 5.26 Å². The molecule has 0 aliphatic heterocycles. The second-order valence-electron chi connectivity index (χ2n) is 5.51. The van der Waals surface area contributed by atoms with Crippen LogP contribution < -0.4 is 14.8 Å². The largest absolute Gasteiger partial charge is 0.493 e. The number of nitro benzene ring substituents is 1. The van der Waals surface area contributed by atoms with Gasteiger partial charge in [-0.3, -0.25) is 14.9 Å². The number of nitrogens with zero attached hydrogens (tertiary/aromatic N) is 2. The summed E-state index contributed by atoms with van der Waals surface area (Å²) in [6.45, 7) is 1.91. The molecule has 0 aromatic heterocycles. The number of hydrogen-bond acceptors (Lipinski definition) is 6. The molecule has 138 valence electrons. The Morgan fingerprint density at radius 1 is 1.19 bits per heavy atom. The van der Waals surface area contributed by atoms with Crippen LogP contribution >= 0.6 is 0 Å². The number of ether oxygens (including phenoxy) is 2. The predicted octanol–water partition coefficient (Wildman–Crippen LogP) is 3.47. The van der Waals surface area contributed by atoms with E-state index in [-0.39, 0.29) is 28.3 Å². The van der Waals surface area contributed by atoms with Crippen molar-refractivity contribution < 1.29 is 19.2 Å². The highest BCUT2D eigenvalue weighted by Crippen LogP contribution is 2.35. The summed E-state index contributed by atoms with van der Waals surface area (Å²) in [4.78, 5) is 23.1. The number of anilines is 1. The first kappa shape index (κ1) is 19.5. The molecule has 0 aliphatic rings. The molecule has 1 amide bonds. The van der Waals surface area contributed by atoms with Gasteiger partial charge in [-0.1, -0.05) is 17.7 Å². The lowest BCUT2D eigenvalue weighted by molar-refractivity contribution is -0.385. The Bertz CT molecular complexity index is 943. The number of nitro groups is 1. The topological polar surface area (TPSA) is 114 Å². The molecule has 0 unspecified atom stereocenters. The third-order valence-electron chi connectivity index (χ3n) is 3.70. The van der Waals surface area contributed by atoms with Gasteiger partial charge >= 0.3 is 0 Å². The van der Waals surface area contributed by atoms with Crippen LogP contribution in [0.15, 0.2) is 42.0 Å². The average molecular weight is 367 g/mol. The summed E-state index contributed by atoms with van der Waals surface area (Å²) >= 11 is 0. The summed E-state index contributed by atoms with van der Waals surface area (Å²) in [6, 6.07) is 11.3. The van der Waals surface area contributed by atoms with Crippen LogP contribution in [0, 0.1) is 28.4 Å². The number of carbonyl (C=O) groups excluding carboxylic acids is 1. The van der Waals surface area contributed by atoms with Gasteiger partial charge in [-0.05, 0) is 31.2 Å². The number of nitriles is 1. The van der Waals surface area contributed by atoms with Gasteiger partial charge in [0, 0.05) is 5.69 Å². The van der Waals surface area contributed by atoms with Crippen LogP contribution in [-0.2, 0) is 4.79 Å². The highest BCUT2D eigenvalue weighted by molar-refractivity contribution is 6.10. The highest BCUT2D eigenvalue weighted by atomic mass is 16.6. The zero-order chi connectivity index (χ0) is 20.0. The molecular formula is C19H17N3O5. The van der Waals surface area contributed by atoms with Gasteiger partial charge in [-0.25, -0.2) is 0 Å². The molecule has 0 saturated carbocycles. The summed E-state index contributed by atoms with van der Waals surface area (Å²) in [5, 5.41) is 23.3. The summed E-state index contributed by atoms with van der Waals surface area (Å²) in [6.07, 6.45) is 1.14. The monoisotopic (exact) mass is 367 g/mol. The van der Waals surface area contributed by atoms with Crippen molar-refractivity contribution in [2.24, 2.45) is 0 Å². The molecule has 2 aromatic carbocycles. The summed E-state index contributed by atoms with van der Waals surface area (Å²) in [5.74, 6) is -0.264. The minimum atomic E-state index is -0.676. The molecule has 0 heterocycles. The Kier molecular flexibility index (Phi) is 6.12. The van der Waals surface area contributed by atoms with E-state index in [1.165, 1.54) is 26.4 Å². The zero-order valence-electron chi connectivity index (χ0n) is 15.0. The van der Waals surface area contributed by atoms with Crippen LogP contribution in [0.3, 0.4) is 0 Å². The Balaban J connectivity index is 2.43. The molecular weight excluding hydrogens is 350 g/mol. The predicted molar refractivity (Wildman–Crippen MR) is 99.6 cm³/mol. The fourth-order valence-electron chi connectivity index (χ4n) is 2.30. The maximum atomic E-state index is 12.4. The molecule has 2 rings (SSSR count). The molecule has 0 atom stereocenters. The first-order valence-electron chi connectivity index (χ1n) is 7.79. The second-order valence-corrected chi connectivity index (χ2v) is 5.51. The number of aryl methyl sites for hydroxylation is 1. The van der Waals surface area contributed by atoms with E-state index in [1.54, 1.807) is 18.2 Å². The average Bonchev–Trinajstić information content (AvgIpc) is 2.66. The zero-order valence-corrected chi connectivity index (χ0v) is 15.0. The van der Waals surface area contributed by atoms with Crippen molar-refractivity contribution >= 4 is 23.4 Å². The fraction of sp³-hybridized carbons (Fsp3) is 0.158. The van der Waals surface area contributed by atoms with E-state index in [0.29, 0.717) is 5.69 Å². The summed E-state index contributed by atoms with van der Waals surface area (Å²) in [7, 11) is 2.74. The van der Waals surface area contributed by atoms with Crippen LogP contribution in [0.1, 0.15) is 11.1 Å². The Labute approximate surface area is 155 Å². The molecule has 27 heavy (non-hydrogen) atoms. The minimum Gasteiger partial charge on any atom is -0.493 e. The number of methoxy groups -OCH3 is 2. The van der Waals surface area contributed by atoms with Crippen molar-refractivity contribution in [1.82, 2.24) is 0 Å².